The Labute approximate surface area is 163 Å². The molecular weight excluding hydrogens is 373 g/mol. The van der Waals surface area contributed by atoms with Gasteiger partial charge in [-0.1, -0.05) is 35.4 Å². The lowest BCUT2D eigenvalue weighted by atomic mass is 9.67. The molecule has 2 saturated carbocycles. The van der Waals surface area contributed by atoms with Gasteiger partial charge < -0.3 is 11.1 Å². The van der Waals surface area contributed by atoms with Crippen molar-refractivity contribution in [3.63, 3.8) is 0 Å². The number of aromatic nitrogens is 3. The highest BCUT2D eigenvalue weighted by molar-refractivity contribution is 6.32. The molecule has 1 aromatic carbocycles. The number of halogens is 2. The first kappa shape index (κ1) is 19.1. The van der Waals surface area contributed by atoms with E-state index in [-0.39, 0.29) is 30.4 Å². The molecule has 2 bridgehead atoms. The molecule has 2 aromatic rings. The van der Waals surface area contributed by atoms with Crippen LogP contribution in [0.3, 0.4) is 0 Å². The first-order chi connectivity index (χ1) is 12.1. The fourth-order valence-electron chi connectivity index (χ4n) is 4.37. The third kappa shape index (κ3) is 3.72. The van der Waals surface area contributed by atoms with Crippen LogP contribution >= 0.6 is 24.0 Å². The summed E-state index contributed by atoms with van der Waals surface area (Å²) in [5.74, 6) is 0.783. The van der Waals surface area contributed by atoms with Gasteiger partial charge in [-0.25, -0.2) is 4.68 Å². The maximum absolute atomic E-state index is 12.7. The lowest BCUT2D eigenvalue weighted by Gasteiger charge is -2.45. The van der Waals surface area contributed by atoms with Crippen molar-refractivity contribution in [3.8, 4) is 5.69 Å². The van der Waals surface area contributed by atoms with Crippen LogP contribution in [0.2, 0.25) is 5.02 Å². The molecule has 3 N–H and O–H groups in total. The van der Waals surface area contributed by atoms with E-state index in [0.29, 0.717) is 28.2 Å². The number of hydrogen-bond donors (Lipinski definition) is 2. The Morgan fingerprint density at radius 2 is 1.92 bits per heavy atom. The van der Waals surface area contributed by atoms with E-state index in [2.05, 4.69) is 15.6 Å². The van der Waals surface area contributed by atoms with E-state index in [1.54, 1.807) is 12.3 Å². The van der Waals surface area contributed by atoms with Crippen LogP contribution in [0.4, 0.5) is 0 Å². The third-order valence-corrected chi connectivity index (χ3v) is 5.82. The van der Waals surface area contributed by atoms with E-state index in [1.807, 2.05) is 18.2 Å². The zero-order valence-corrected chi connectivity index (χ0v) is 15.9. The first-order valence-corrected chi connectivity index (χ1v) is 9.23. The Kier molecular flexibility index (Phi) is 5.85. The highest BCUT2D eigenvalue weighted by Gasteiger charge is 2.40. The van der Waals surface area contributed by atoms with Gasteiger partial charge in [-0.3, -0.25) is 4.79 Å². The summed E-state index contributed by atoms with van der Waals surface area (Å²) in [6.45, 7) is 0. The average Bonchev–Trinajstić information content (AvgIpc) is 3.06. The quantitative estimate of drug-likeness (QED) is 0.835. The molecular formula is C18H23Cl2N5O. The number of carbonyl (C=O) groups excluding carboxylic acids is 1. The fourth-order valence-corrected chi connectivity index (χ4v) is 4.60. The molecule has 0 aliphatic heterocycles. The van der Waals surface area contributed by atoms with Crippen molar-refractivity contribution < 1.29 is 4.79 Å². The van der Waals surface area contributed by atoms with E-state index in [4.69, 9.17) is 17.3 Å². The molecule has 0 saturated heterocycles. The van der Waals surface area contributed by atoms with Crippen LogP contribution in [0.25, 0.3) is 5.69 Å². The van der Waals surface area contributed by atoms with E-state index in [1.165, 1.54) is 11.1 Å². The molecule has 1 aromatic heterocycles. The minimum atomic E-state index is -0.171. The van der Waals surface area contributed by atoms with Gasteiger partial charge in [0.15, 0.2) is 5.69 Å². The fraction of sp³-hybridized carbons (Fsp3) is 0.500. The van der Waals surface area contributed by atoms with Crippen molar-refractivity contribution in [1.29, 1.82) is 0 Å². The van der Waals surface area contributed by atoms with Crippen LogP contribution in [-0.4, -0.2) is 33.0 Å². The summed E-state index contributed by atoms with van der Waals surface area (Å²) in [6, 6.07) is 7.81. The maximum atomic E-state index is 12.7. The predicted octanol–water partition coefficient (Wildman–Crippen LogP) is 2.98. The van der Waals surface area contributed by atoms with E-state index < -0.39 is 0 Å². The molecule has 2 atom stereocenters. The van der Waals surface area contributed by atoms with Crippen LogP contribution in [-0.2, 0) is 0 Å². The smallest absolute Gasteiger partial charge is 0.273 e. The van der Waals surface area contributed by atoms with Crippen molar-refractivity contribution in [2.24, 2.45) is 17.6 Å². The lowest BCUT2D eigenvalue weighted by Crippen LogP contribution is -2.53. The van der Waals surface area contributed by atoms with Crippen molar-refractivity contribution in [1.82, 2.24) is 20.3 Å². The summed E-state index contributed by atoms with van der Waals surface area (Å²) in [5, 5.41) is 11.8. The summed E-state index contributed by atoms with van der Waals surface area (Å²) < 4.78 is 1.54. The standard InChI is InChI=1S/C18H22ClN5O.ClH/c19-14-6-1-2-7-16(14)24-10-15(22-23-24)18(25)21-17-11-4-3-5-12(17)9-13(20)8-11;/h1-2,6-7,10-13,17H,3-5,8-9,20H2,(H,21,25);1H. The van der Waals surface area contributed by atoms with Gasteiger partial charge in [0.05, 0.1) is 16.9 Å². The number of fused-ring (bicyclic) bond motifs is 2. The normalized spacial score (nSPS) is 27.5. The number of rotatable bonds is 3. The van der Waals surface area contributed by atoms with Crippen LogP contribution in [0, 0.1) is 11.8 Å². The van der Waals surface area contributed by atoms with Crippen LogP contribution in [0.1, 0.15) is 42.6 Å². The molecule has 6 nitrogen and oxygen atoms in total. The Hall–Kier alpha value is -1.63. The van der Waals surface area contributed by atoms with Gasteiger partial charge in [-0.2, -0.15) is 0 Å². The summed E-state index contributed by atoms with van der Waals surface area (Å²) in [5.41, 5.74) is 7.18. The number of nitrogens with zero attached hydrogens (tertiary/aromatic N) is 3. The Balaban J connectivity index is 0.00000196. The second kappa shape index (κ2) is 7.94. The number of para-hydroxylation sites is 1. The van der Waals surface area contributed by atoms with E-state index in [0.717, 1.165) is 25.7 Å². The highest BCUT2D eigenvalue weighted by Crippen LogP contribution is 2.39. The minimum Gasteiger partial charge on any atom is -0.347 e. The van der Waals surface area contributed by atoms with Gasteiger partial charge >= 0.3 is 0 Å². The molecule has 2 fully saturated rings. The first-order valence-electron chi connectivity index (χ1n) is 8.85. The van der Waals surface area contributed by atoms with Crippen molar-refractivity contribution in [2.75, 3.05) is 0 Å². The summed E-state index contributed by atoms with van der Waals surface area (Å²) in [7, 11) is 0. The molecule has 26 heavy (non-hydrogen) atoms. The number of benzene rings is 1. The van der Waals surface area contributed by atoms with Gasteiger partial charge in [-0.15, -0.1) is 17.5 Å². The second-order valence-electron chi connectivity index (χ2n) is 7.18. The number of carbonyl (C=O) groups is 1. The van der Waals surface area contributed by atoms with Gasteiger partial charge in [0.1, 0.15) is 0 Å². The summed E-state index contributed by atoms with van der Waals surface area (Å²) in [6.07, 6.45) is 7.13. The Morgan fingerprint density at radius 1 is 1.23 bits per heavy atom. The Bertz CT molecular complexity index is 766. The zero-order chi connectivity index (χ0) is 17.4. The zero-order valence-electron chi connectivity index (χ0n) is 14.3. The molecule has 8 heteroatoms. The SMILES string of the molecule is Cl.NC1CC2CCCC(C1)C2NC(=O)c1cn(-c2ccccc2Cl)nn1. The second-order valence-corrected chi connectivity index (χ2v) is 7.59. The van der Waals surface area contributed by atoms with Gasteiger partial charge in [0.2, 0.25) is 0 Å². The molecule has 2 aliphatic rings. The topological polar surface area (TPSA) is 85.8 Å². The molecule has 1 amide bonds. The summed E-state index contributed by atoms with van der Waals surface area (Å²) >= 11 is 6.18. The van der Waals surface area contributed by atoms with Crippen molar-refractivity contribution >= 4 is 29.9 Å². The third-order valence-electron chi connectivity index (χ3n) is 5.50. The molecule has 0 radical (unpaired) electrons. The van der Waals surface area contributed by atoms with Gasteiger partial charge in [0.25, 0.3) is 5.91 Å². The minimum absolute atomic E-state index is 0. The van der Waals surface area contributed by atoms with Crippen molar-refractivity contribution in [2.45, 2.75) is 44.2 Å². The highest BCUT2D eigenvalue weighted by atomic mass is 35.5. The van der Waals surface area contributed by atoms with Crippen molar-refractivity contribution in [3.05, 3.63) is 41.2 Å². The molecule has 2 unspecified atom stereocenters. The van der Waals surface area contributed by atoms with E-state index in [9.17, 15) is 4.79 Å². The van der Waals surface area contributed by atoms with Crippen LogP contribution in [0.15, 0.2) is 30.5 Å². The van der Waals surface area contributed by atoms with Gasteiger partial charge in [-0.05, 0) is 49.7 Å². The maximum Gasteiger partial charge on any atom is 0.273 e. The van der Waals surface area contributed by atoms with Crippen LogP contribution in [0.5, 0.6) is 0 Å². The predicted molar refractivity (Wildman–Crippen MR) is 103 cm³/mol. The average molecular weight is 396 g/mol. The molecule has 1 heterocycles. The lowest BCUT2D eigenvalue weighted by molar-refractivity contribution is 0.0751. The van der Waals surface area contributed by atoms with Crippen LogP contribution < -0.4 is 11.1 Å². The molecule has 140 valence electrons. The molecule has 4 rings (SSSR count). The number of amides is 1. The molecule has 0 spiro atoms. The Morgan fingerprint density at radius 3 is 2.62 bits per heavy atom. The van der Waals surface area contributed by atoms with Gasteiger partial charge in [0, 0.05) is 12.1 Å². The number of nitrogens with one attached hydrogen (secondary N) is 1. The van der Waals surface area contributed by atoms with E-state index >= 15 is 0 Å². The number of hydrogen-bond acceptors (Lipinski definition) is 4. The summed E-state index contributed by atoms with van der Waals surface area (Å²) in [4.78, 5) is 12.7. The number of nitrogens with two attached hydrogens (primary N) is 1. The molecule has 2 aliphatic carbocycles. The largest absolute Gasteiger partial charge is 0.347 e. The monoisotopic (exact) mass is 395 g/mol.